The zero-order valence-electron chi connectivity index (χ0n) is 9.12. The summed E-state index contributed by atoms with van der Waals surface area (Å²) in [6.45, 7) is 5.29. The van der Waals surface area contributed by atoms with Crippen molar-refractivity contribution in [3.05, 3.63) is 33.7 Å². The largest absolute Gasteiger partial charge is 0.238 e. The molecule has 0 radical (unpaired) electrons. The molecule has 2 aromatic rings. The van der Waals surface area contributed by atoms with Crippen molar-refractivity contribution in [2.75, 3.05) is 0 Å². The van der Waals surface area contributed by atoms with Crippen LogP contribution in [-0.2, 0) is 0 Å². The number of halogens is 2. The molecule has 6 heteroatoms. The summed E-state index contributed by atoms with van der Waals surface area (Å²) in [7, 11) is 0. The van der Waals surface area contributed by atoms with E-state index in [1.165, 1.54) is 11.0 Å². The standard InChI is InChI=1S/C10H10BrFN4/c1-5-8(11)7(3)16(15-5)10-9(12)6(2)13-4-14-10/h4H,1-3H3. The van der Waals surface area contributed by atoms with Crippen molar-refractivity contribution in [2.24, 2.45) is 0 Å². The van der Waals surface area contributed by atoms with Crippen LogP contribution in [0.4, 0.5) is 4.39 Å². The second kappa shape index (κ2) is 3.93. The first-order valence-electron chi connectivity index (χ1n) is 4.71. The normalized spacial score (nSPS) is 10.8. The van der Waals surface area contributed by atoms with Crippen LogP contribution in [0.1, 0.15) is 17.1 Å². The average molecular weight is 285 g/mol. The minimum absolute atomic E-state index is 0.179. The molecule has 0 N–H and O–H groups in total. The Kier molecular flexibility index (Phi) is 2.75. The van der Waals surface area contributed by atoms with Crippen LogP contribution in [-0.4, -0.2) is 19.7 Å². The molecule has 2 rings (SSSR count). The van der Waals surface area contributed by atoms with Gasteiger partial charge in [0.05, 0.1) is 21.6 Å². The van der Waals surface area contributed by atoms with Crippen molar-refractivity contribution in [1.29, 1.82) is 0 Å². The van der Waals surface area contributed by atoms with E-state index in [0.717, 1.165) is 15.9 Å². The van der Waals surface area contributed by atoms with Gasteiger partial charge in [0.1, 0.15) is 6.33 Å². The molecule has 0 saturated heterocycles. The van der Waals surface area contributed by atoms with Crippen molar-refractivity contribution in [3.8, 4) is 5.82 Å². The lowest BCUT2D eigenvalue weighted by atomic mass is 10.4. The van der Waals surface area contributed by atoms with E-state index in [2.05, 4.69) is 31.0 Å². The number of aryl methyl sites for hydroxylation is 2. The van der Waals surface area contributed by atoms with Gasteiger partial charge in [-0.2, -0.15) is 5.10 Å². The minimum Gasteiger partial charge on any atom is -0.238 e. The summed E-state index contributed by atoms with van der Waals surface area (Å²) in [5.41, 5.74) is 1.93. The molecule has 0 saturated carbocycles. The Bertz CT molecular complexity index is 550. The topological polar surface area (TPSA) is 43.6 Å². The van der Waals surface area contributed by atoms with Crippen LogP contribution in [0.5, 0.6) is 0 Å². The van der Waals surface area contributed by atoms with Crippen LogP contribution in [0, 0.1) is 26.6 Å². The molecule has 0 aliphatic carbocycles. The molecular weight excluding hydrogens is 275 g/mol. The fraction of sp³-hybridized carbons (Fsp3) is 0.300. The summed E-state index contributed by atoms with van der Waals surface area (Å²) < 4.78 is 16.1. The van der Waals surface area contributed by atoms with E-state index >= 15 is 0 Å². The first kappa shape index (κ1) is 11.2. The molecule has 0 bridgehead atoms. The highest BCUT2D eigenvalue weighted by atomic mass is 79.9. The molecule has 2 aromatic heterocycles. The number of hydrogen-bond donors (Lipinski definition) is 0. The summed E-state index contributed by atoms with van der Waals surface area (Å²) in [5.74, 6) is -0.264. The molecule has 84 valence electrons. The van der Waals surface area contributed by atoms with Crippen molar-refractivity contribution in [3.63, 3.8) is 0 Å². The van der Waals surface area contributed by atoms with Gasteiger partial charge in [-0.1, -0.05) is 0 Å². The molecular formula is C10H10BrFN4. The van der Waals surface area contributed by atoms with E-state index in [0.29, 0.717) is 5.69 Å². The fourth-order valence-corrected chi connectivity index (χ4v) is 1.67. The Balaban J connectivity index is 2.68. The summed E-state index contributed by atoms with van der Waals surface area (Å²) in [6.07, 6.45) is 1.33. The third-order valence-electron chi connectivity index (χ3n) is 2.35. The van der Waals surface area contributed by atoms with Crippen molar-refractivity contribution >= 4 is 15.9 Å². The quantitative estimate of drug-likeness (QED) is 0.808. The van der Waals surface area contributed by atoms with E-state index in [1.54, 1.807) is 6.92 Å². The molecule has 0 aromatic carbocycles. The lowest BCUT2D eigenvalue weighted by molar-refractivity contribution is 0.578. The Labute approximate surface area is 101 Å². The Morgan fingerprint density at radius 2 is 1.88 bits per heavy atom. The van der Waals surface area contributed by atoms with Gasteiger partial charge in [-0.05, 0) is 36.7 Å². The van der Waals surface area contributed by atoms with Gasteiger partial charge >= 0.3 is 0 Å². The molecule has 0 atom stereocenters. The summed E-state index contributed by atoms with van der Waals surface area (Å²) in [5, 5.41) is 4.22. The molecule has 0 spiro atoms. The van der Waals surface area contributed by atoms with Gasteiger partial charge in [-0.15, -0.1) is 0 Å². The zero-order chi connectivity index (χ0) is 11.9. The number of nitrogens with zero attached hydrogens (tertiary/aromatic N) is 4. The first-order valence-corrected chi connectivity index (χ1v) is 5.51. The van der Waals surface area contributed by atoms with Crippen molar-refractivity contribution < 1.29 is 4.39 Å². The van der Waals surface area contributed by atoms with Crippen molar-refractivity contribution in [1.82, 2.24) is 19.7 Å². The zero-order valence-corrected chi connectivity index (χ0v) is 10.7. The summed E-state index contributed by atoms with van der Waals surface area (Å²) in [6, 6.07) is 0. The maximum absolute atomic E-state index is 13.8. The van der Waals surface area contributed by atoms with Gasteiger partial charge in [-0.3, -0.25) is 0 Å². The predicted molar refractivity (Wildman–Crippen MR) is 61.0 cm³/mol. The lowest BCUT2D eigenvalue weighted by Crippen LogP contribution is -2.07. The van der Waals surface area contributed by atoms with Crippen molar-refractivity contribution in [2.45, 2.75) is 20.8 Å². The fourth-order valence-electron chi connectivity index (χ4n) is 1.42. The van der Waals surface area contributed by atoms with Gasteiger partial charge in [0, 0.05) is 0 Å². The first-order chi connectivity index (χ1) is 7.52. The lowest BCUT2D eigenvalue weighted by Gasteiger charge is -2.05. The average Bonchev–Trinajstić information content (AvgIpc) is 2.50. The van der Waals surface area contributed by atoms with E-state index in [9.17, 15) is 4.39 Å². The van der Waals surface area contributed by atoms with E-state index < -0.39 is 5.82 Å². The van der Waals surface area contributed by atoms with Gasteiger partial charge < -0.3 is 0 Å². The van der Waals surface area contributed by atoms with Crippen LogP contribution < -0.4 is 0 Å². The van der Waals surface area contributed by atoms with Gasteiger partial charge in [-0.25, -0.2) is 19.0 Å². The highest BCUT2D eigenvalue weighted by Crippen LogP contribution is 2.23. The van der Waals surface area contributed by atoms with Crippen LogP contribution in [0.15, 0.2) is 10.8 Å². The maximum atomic E-state index is 13.8. The summed E-state index contributed by atoms with van der Waals surface area (Å²) in [4.78, 5) is 7.70. The van der Waals surface area contributed by atoms with Crippen LogP contribution in [0.25, 0.3) is 5.82 Å². The highest BCUT2D eigenvalue weighted by Gasteiger charge is 2.16. The second-order valence-corrected chi connectivity index (χ2v) is 4.29. The Hall–Kier alpha value is -1.30. The molecule has 0 unspecified atom stereocenters. The van der Waals surface area contributed by atoms with Crippen LogP contribution in [0.3, 0.4) is 0 Å². The monoisotopic (exact) mass is 284 g/mol. The molecule has 0 aliphatic rings. The Morgan fingerprint density at radius 1 is 1.19 bits per heavy atom. The molecule has 0 aliphatic heterocycles. The smallest absolute Gasteiger partial charge is 0.193 e. The second-order valence-electron chi connectivity index (χ2n) is 3.49. The number of aromatic nitrogens is 4. The van der Waals surface area contributed by atoms with E-state index in [-0.39, 0.29) is 5.82 Å². The number of hydrogen-bond acceptors (Lipinski definition) is 3. The van der Waals surface area contributed by atoms with Crippen LogP contribution >= 0.6 is 15.9 Å². The SMILES string of the molecule is Cc1ncnc(-n2nc(C)c(Br)c2C)c1F. The van der Waals surface area contributed by atoms with E-state index in [4.69, 9.17) is 0 Å². The third-order valence-corrected chi connectivity index (χ3v) is 3.50. The third kappa shape index (κ3) is 1.63. The van der Waals surface area contributed by atoms with Gasteiger partial charge in [0.25, 0.3) is 0 Å². The minimum atomic E-state index is -0.444. The predicted octanol–water partition coefficient (Wildman–Crippen LogP) is 2.49. The van der Waals surface area contributed by atoms with E-state index in [1.807, 2.05) is 13.8 Å². The molecule has 0 fully saturated rings. The maximum Gasteiger partial charge on any atom is 0.193 e. The number of rotatable bonds is 1. The van der Waals surface area contributed by atoms with Gasteiger partial charge in [0.2, 0.25) is 0 Å². The highest BCUT2D eigenvalue weighted by molar-refractivity contribution is 9.10. The molecule has 16 heavy (non-hydrogen) atoms. The van der Waals surface area contributed by atoms with Gasteiger partial charge in [0.15, 0.2) is 11.6 Å². The Morgan fingerprint density at radius 3 is 2.44 bits per heavy atom. The molecule has 4 nitrogen and oxygen atoms in total. The van der Waals surface area contributed by atoms with Crippen LogP contribution in [0.2, 0.25) is 0 Å². The molecule has 2 heterocycles. The summed E-state index contributed by atoms with van der Waals surface area (Å²) >= 11 is 3.39. The molecule has 0 amide bonds.